The van der Waals surface area contributed by atoms with Crippen LogP contribution in [0.5, 0.6) is 0 Å². The van der Waals surface area contributed by atoms with Crippen molar-refractivity contribution in [3.63, 3.8) is 0 Å². The third-order valence-electron chi connectivity index (χ3n) is 3.27. The first-order chi connectivity index (χ1) is 9.77. The van der Waals surface area contributed by atoms with Crippen LogP contribution in [0.1, 0.15) is 27.0 Å². The largest absolute Gasteiger partial charge is 0.289 e. The maximum Gasteiger partial charge on any atom is 0.193 e. The number of benzene rings is 2. The average molecular weight is 262 g/mol. The Kier molecular flexibility index (Phi) is 4.67. The van der Waals surface area contributed by atoms with Crippen LogP contribution in [0.4, 0.5) is 0 Å². The Morgan fingerprint density at radius 1 is 0.900 bits per heavy atom. The number of hydrogen-bond acceptors (Lipinski definition) is 1. The molecule has 0 aliphatic heterocycles. The Bertz CT molecular complexity index is 623. The highest BCUT2D eigenvalue weighted by molar-refractivity contribution is 6.10. The average Bonchev–Trinajstić information content (AvgIpc) is 2.49. The Labute approximate surface area is 120 Å². The van der Waals surface area contributed by atoms with Crippen LogP contribution in [0.25, 0.3) is 0 Å². The minimum absolute atomic E-state index is 0.0633. The lowest BCUT2D eigenvalue weighted by Crippen LogP contribution is -2.07. The number of rotatable bonds is 6. The molecule has 1 heteroatoms. The summed E-state index contributed by atoms with van der Waals surface area (Å²) in [5.41, 5.74) is 3.67. The van der Waals surface area contributed by atoms with Crippen LogP contribution < -0.4 is 0 Å². The molecule has 0 N–H and O–H groups in total. The smallest absolute Gasteiger partial charge is 0.193 e. The van der Waals surface area contributed by atoms with Gasteiger partial charge in [-0.25, -0.2) is 0 Å². The third kappa shape index (κ3) is 2.94. The fraction of sp³-hybridized carbons (Fsp3) is 0.105. The number of carbonyl (C=O) groups excluding carboxylic acids is 1. The zero-order chi connectivity index (χ0) is 14.4. The summed E-state index contributed by atoms with van der Waals surface area (Å²) in [7, 11) is 0. The normalized spacial score (nSPS) is 10.0. The number of hydrogen-bond donors (Lipinski definition) is 0. The van der Waals surface area contributed by atoms with Crippen molar-refractivity contribution < 1.29 is 4.79 Å². The van der Waals surface area contributed by atoms with Crippen molar-refractivity contribution in [2.24, 2.45) is 0 Å². The first kappa shape index (κ1) is 14.0. The van der Waals surface area contributed by atoms with Gasteiger partial charge in [0.2, 0.25) is 0 Å². The zero-order valence-electron chi connectivity index (χ0n) is 11.5. The molecule has 0 saturated heterocycles. The van der Waals surface area contributed by atoms with Crippen molar-refractivity contribution in [3.05, 3.63) is 96.1 Å². The van der Waals surface area contributed by atoms with Crippen LogP contribution >= 0.6 is 0 Å². The molecular weight excluding hydrogens is 244 g/mol. The molecule has 1 nitrogen and oxygen atoms in total. The van der Waals surface area contributed by atoms with Crippen LogP contribution in [-0.4, -0.2) is 5.78 Å². The highest BCUT2D eigenvalue weighted by Gasteiger charge is 2.14. The van der Waals surface area contributed by atoms with Gasteiger partial charge < -0.3 is 0 Å². The summed E-state index contributed by atoms with van der Waals surface area (Å²) in [5.74, 6) is 0.0633. The molecule has 20 heavy (non-hydrogen) atoms. The molecule has 0 amide bonds. The van der Waals surface area contributed by atoms with Crippen LogP contribution in [-0.2, 0) is 12.8 Å². The summed E-state index contributed by atoms with van der Waals surface area (Å²) in [6.45, 7) is 7.57. The predicted octanol–water partition coefficient (Wildman–Crippen LogP) is 4.37. The van der Waals surface area contributed by atoms with Gasteiger partial charge in [0.1, 0.15) is 0 Å². The maximum atomic E-state index is 12.6. The molecule has 2 aromatic rings. The molecule has 0 bridgehead atoms. The van der Waals surface area contributed by atoms with Gasteiger partial charge in [0.25, 0.3) is 0 Å². The van der Waals surface area contributed by atoms with Gasteiger partial charge in [-0.3, -0.25) is 4.79 Å². The summed E-state index contributed by atoms with van der Waals surface area (Å²) in [5, 5.41) is 0. The van der Waals surface area contributed by atoms with E-state index >= 15 is 0 Å². The molecule has 0 aliphatic rings. The monoisotopic (exact) mass is 262 g/mol. The minimum Gasteiger partial charge on any atom is -0.289 e. The number of allylic oxidation sites excluding steroid dienone is 2. The zero-order valence-corrected chi connectivity index (χ0v) is 11.5. The molecule has 0 saturated carbocycles. The van der Waals surface area contributed by atoms with Crippen molar-refractivity contribution in [1.82, 2.24) is 0 Å². The Morgan fingerprint density at radius 2 is 1.60 bits per heavy atom. The van der Waals surface area contributed by atoms with E-state index in [1.807, 2.05) is 60.7 Å². The Hall–Kier alpha value is -2.41. The summed E-state index contributed by atoms with van der Waals surface area (Å²) in [4.78, 5) is 12.6. The molecule has 0 unspecified atom stereocenters. The van der Waals surface area contributed by atoms with Crippen LogP contribution in [0.15, 0.2) is 73.8 Å². The molecule has 2 rings (SSSR count). The van der Waals surface area contributed by atoms with Crippen LogP contribution in [0.3, 0.4) is 0 Å². The van der Waals surface area contributed by atoms with E-state index in [1.165, 1.54) is 0 Å². The fourth-order valence-electron chi connectivity index (χ4n) is 2.32. The van der Waals surface area contributed by atoms with Crippen LogP contribution in [0.2, 0.25) is 0 Å². The van der Waals surface area contributed by atoms with Crippen molar-refractivity contribution in [2.75, 3.05) is 0 Å². The minimum atomic E-state index is 0.0633. The van der Waals surface area contributed by atoms with Gasteiger partial charge in [-0.2, -0.15) is 0 Å². The van der Waals surface area contributed by atoms with Crippen molar-refractivity contribution in [1.29, 1.82) is 0 Å². The van der Waals surface area contributed by atoms with Crippen molar-refractivity contribution >= 4 is 5.78 Å². The Balaban J connectivity index is 2.50. The van der Waals surface area contributed by atoms with E-state index in [2.05, 4.69) is 13.2 Å². The van der Waals surface area contributed by atoms with Crippen molar-refractivity contribution in [3.8, 4) is 0 Å². The van der Waals surface area contributed by atoms with Crippen LogP contribution in [0, 0.1) is 0 Å². The van der Waals surface area contributed by atoms with Gasteiger partial charge in [-0.1, -0.05) is 60.7 Å². The van der Waals surface area contributed by atoms with Crippen molar-refractivity contribution in [2.45, 2.75) is 12.8 Å². The number of carbonyl (C=O) groups is 1. The second kappa shape index (κ2) is 6.67. The van der Waals surface area contributed by atoms with Gasteiger partial charge in [0, 0.05) is 11.1 Å². The van der Waals surface area contributed by atoms with E-state index in [4.69, 9.17) is 0 Å². The highest BCUT2D eigenvalue weighted by Crippen LogP contribution is 2.20. The molecule has 0 aromatic heterocycles. The van der Waals surface area contributed by atoms with Gasteiger partial charge in [0.15, 0.2) is 5.78 Å². The van der Waals surface area contributed by atoms with Gasteiger partial charge in [-0.15, -0.1) is 13.2 Å². The molecular formula is C19H18O. The molecule has 0 fully saturated rings. The fourth-order valence-corrected chi connectivity index (χ4v) is 2.32. The van der Waals surface area contributed by atoms with E-state index in [0.717, 1.165) is 23.1 Å². The molecule has 100 valence electrons. The van der Waals surface area contributed by atoms with Gasteiger partial charge in [0.05, 0.1) is 0 Å². The van der Waals surface area contributed by atoms with Gasteiger partial charge in [-0.05, 0) is 24.0 Å². The second-order valence-corrected chi connectivity index (χ2v) is 4.62. The lowest BCUT2D eigenvalue weighted by atomic mass is 9.91. The molecule has 0 atom stereocenters. The topological polar surface area (TPSA) is 17.1 Å². The summed E-state index contributed by atoms with van der Waals surface area (Å²) in [6, 6.07) is 15.2. The van der Waals surface area contributed by atoms with E-state index in [0.29, 0.717) is 12.0 Å². The molecule has 2 aromatic carbocycles. The third-order valence-corrected chi connectivity index (χ3v) is 3.27. The maximum absolute atomic E-state index is 12.6. The standard InChI is InChI=1S/C19H18O/c1-3-9-15-13-8-14-18(17(15)10-4-2)19(20)16-11-6-5-7-12-16/h3-8,11-14H,1-2,9-10H2. The summed E-state index contributed by atoms with van der Waals surface area (Å²) >= 11 is 0. The molecule has 0 aliphatic carbocycles. The van der Waals surface area contributed by atoms with E-state index in [1.54, 1.807) is 0 Å². The predicted molar refractivity (Wildman–Crippen MR) is 84.1 cm³/mol. The second-order valence-electron chi connectivity index (χ2n) is 4.62. The first-order valence-electron chi connectivity index (χ1n) is 6.70. The molecule has 0 spiro atoms. The first-order valence-corrected chi connectivity index (χ1v) is 6.70. The molecule has 0 radical (unpaired) electrons. The lowest BCUT2D eigenvalue weighted by Gasteiger charge is -2.12. The molecule has 0 heterocycles. The quantitative estimate of drug-likeness (QED) is 0.558. The SMILES string of the molecule is C=CCc1cccc(C(=O)c2ccccc2)c1CC=C. The Morgan fingerprint density at radius 3 is 2.25 bits per heavy atom. The summed E-state index contributed by atoms with van der Waals surface area (Å²) < 4.78 is 0. The number of ketones is 1. The highest BCUT2D eigenvalue weighted by atomic mass is 16.1. The van der Waals surface area contributed by atoms with E-state index < -0.39 is 0 Å². The van der Waals surface area contributed by atoms with E-state index in [9.17, 15) is 4.79 Å². The lowest BCUT2D eigenvalue weighted by molar-refractivity contribution is 0.103. The summed E-state index contributed by atoms with van der Waals surface area (Å²) in [6.07, 6.45) is 5.15. The van der Waals surface area contributed by atoms with Gasteiger partial charge >= 0.3 is 0 Å². The van der Waals surface area contributed by atoms with E-state index in [-0.39, 0.29) is 5.78 Å².